The van der Waals surface area contributed by atoms with Crippen LogP contribution >= 0.6 is 0 Å². The summed E-state index contributed by atoms with van der Waals surface area (Å²) in [4.78, 5) is 26.2. The molecule has 1 aliphatic heterocycles. The number of carbonyl (C=O) groups excluding carboxylic acids is 1. The lowest BCUT2D eigenvalue weighted by molar-refractivity contribution is -0.138. The number of aliphatic carboxylic acids is 1. The number of piperidine rings is 1. The Balaban J connectivity index is 2.66. The Labute approximate surface area is 102 Å². The molecule has 0 aliphatic carbocycles. The first kappa shape index (κ1) is 13.8. The van der Waals surface area contributed by atoms with E-state index in [1.54, 1.807) is 4.90 Å². The Morgan fingerprint density at radius 3 is 2.59 bits per heavy atom. The number of carboxylic acids is 1. The zero-order valence-electron chi connectivity index (χ0n) is 10.8. The van der Waals surface area contributed by atoms with Gasteiger partial charge in [0.2, 0.25) is 0 Å². The molecular weight excluding hydrogens is 220 g/mol. The maximum atomic E-state index is 12.2. The maximum Gasteiger partial charge on any atom is 0.323 e. The molecule has 1 atom stereocenters. The number of carboxylic acid groups (broad SMARTS) is 1. The minimum absolute atomic E-state index is 0.0872. The first-order chi connectivity index (χ1) is 7.91. The average Bonchev–Trinajstić information content (AvgIpc) is 2.24. The topological polar surface area (TPSA) is 60.9 Å². The lowest BCUT2D eigenvalue weighted by Gasteiger charge is -2.36. The Hall–Kier alpha value is -1.26. The molecule has 98 valence electrons. The largest absolute Gasteiger partial charge is 0.480 e. The van der Waals surface area contributed by atoms with Crippen molar-refractivity contribution in [3.63, 3.8) is 0 Å². The molecule has 1 saturated heterocycles. The lowest BCUT2D eigenvalue weighted by atomic mass is 10.0. The van der Waals surface area contributed by atoms with Crippen LogP contribution in [-0.2, 0) is 4.79 Å². The normalized spacial score (nSPS) is 20.5. The van der Waals surface area contributed by atoms with E-state index < -0.39 is 5.97 Å². The van der Waals surface area contributed by atoms with E-state index in [1.165, 1.54) is 4.90 Å². The molecule has 0 bridgehead atoms. The number of nitrogens with zero attached hydrogens (tertiary/aromatic N) is 2. The smallest absolute Gasteiger partial charge is 0.323 e. The fraction of sp³-hybridized carbons (Fsp3) is 0.833. The molecule has 1 unspecified atom stereocenters. The summed E-state index contributed by atoms with van der Waals surface area (Å²) in [5.41, 5.74) is 0. The van der Waals surface area contributed by atoms with E-state index in [4.69, 9.17) is 5.11 Å². The van der Waals surface area contributed by atoms with Gasteiger partial charge in [-0.1, -0.05) is 6.92 Å². The second-order valence-electron chi connectivity index (χ2n) is 5.09. The number of hydrogen-bond acceptors (Lipinski definition) is 2. The van der Waals surface area contributed by atoms with Gasteiger partial charge in [0.25, 0.3) is 0 Å². The number of amides is 2. The van der Waals surface area contributed by atoms with Crippen LogP contribution < -0.4 is 0 Å². The summed E-state index contributed by atoms with van der Waals surface area (Å²) in [7, 11) is 0. The molecule has 5 nitrogen and oxygen atoms in total. The highest BCUT2D eigenvalue weighted by Crippen LogP contribution is 2.17. The third kappa shape index (κ3) is 3.91. The summed E-state index contributed by atoms with van der Waals surface area (Å²) in [6.45, 7) is 7.06. The van der Waals surface area contributed by atoms with Crippen LogP contribution in [0.3, 0.4) is 0 Å². The van der Waals surface area contributed by atoms with Crippen LogP contribution in [0.25, 0.3) is 0 Å². The summed E-state index contributed by atoms with van der Waals surface area (Å²) in [6.07, 6.45) is 2.15. The van der Waals surface area contributed by atoms with Gasteiger partial charge in [0, 0.05) is 19.1 Å². The number of urea groups is 1. The number of carbonyl (C=O) groups is 2. The van der Waals surface area contributed by atoms with Crippen molar-refractivity contribution >= 4 is 12.0 Å². The van der Waals surface area contributed by atoms with Crippen molar-refractivity contribution in [3.05, 3.63) is 0 Å². The number of hydrogen-bond donors (Lipinski definition) is 1. The van der Waals surface area contributed by atoms with Crippen molar-refractivity contribution in [1.82, 2.24) is 9.80 Å². The van der Waals surface area contributed by atoms with Crippen LogP contribution in [0.5, 0.6) is 0 Å². The van der Waals surface area contributed by atoms with Crippen molar-refractivity contribution in [3.8, 4) is 0 Å². The van der Waals surface area contributed by atoms with E-state index in [9.17, 15) is 9.59 Å². The molecule has 0 aromatic heterocycles. The predicted molar refractivity (Wildman–Crippen MR) is 64.8 cm³/mol. The molecule has 1 aliphatic rings. The summed E-state index contributed by atoms with van der Waals surface area (Å²) in [5, 5.41) is 8.82. The molecule has 0 saturated carbocycles. The third-order valence-corrected chi connectivity index (χ3v) is 3.10. The van der Waals surface area contributed by atoms with Crippen molar-refractivity contribution < 1.29 is 14.7 Å². The van der Waals surface area contributed by atoms with Gasteiger partial charge in [-0.2, -0.15) is 0 Å². The van der Waals surface area contributed by atoms with Crippen molar-refractivity contribution in [2.45, 2.75) is 39.7 Å². The van der Waals surface area contributed by atoms with Gasteiger partial charge < -0.3 is 14.9 Å². The standard InChI is InChI=1S/C12H22N2O3/c1-9(2)14(8-11(15)16)12(17)13-6-4-5-10(3)7-13/h9-10H,4-8H2,1-3H3,(H,15,16). The van der Waals surface area contributed by atoms with Crippen LogP contribution in [0.15, 0.2) is 0 Å². The molecule has 0 radical (unpaired) electrons. The molecule has 1 heterocycles. The molecular formula is C12H22N2O3. The Morgan fingerprint density at radius 1 is 1.47 bits per heavy atom. The highest BCUT2D eigenvalue weighted by Gasteiger charge is 2.27. The zero-order valence-corrected chi connectivity index (χ0v) is 10.8. The monoisotopic (exact) mass is 242 g/mol. The van der Waals surface area contributed by atoms with Gasteiger partial charge in [-0.3, -0.25) is 4.79 Å². The molecule has 0 spiro atoms. The Bertz CT molecular complexity index is 291. The quantitative estimate of drug-likeness (QED) is 0.818. The van der Waals surface area contributed by atoms with E-state index in [1.807, 2.05) is 13.8 Å². The summed E-state index contributed by atoms with van der Waals surface area (Å²) in [5.74, 6) is -0.455. The molecule has 1 rings (SSSR count). The van der Waals surface area contributed by atoms with Crippen LogP contribution in [0, 0.1) is 5.92 Å². The minimum atomic E-state index is -0.961. The molecule has 17 heavy (non-hydrogen) atoms. The highest BCUT2D eigenvalue weighted by molar-refractivity contribution is 5.80. The van der Waals surface area contributed by atoms with Crippen LogP contribution in [0.1, 0.15) is 33.6 Å². The first-order valence-corrected chi connectivity index (χ1v) is 6.19. The second kappa shape index (κ2) is 5.89. The van der Waals surface area contributed by atoms with Crippen LogP contribution in [0.4, 0.5) is 4.79 Å². The van der Waals surface area contributed by atoms with Gasteiger partial charge in [0.05, 0.1) is 0 Å². The summed E-state index contributed by atoms with van der Waals surface area (Å²) < 4.78 is 0. The molecule has 2 amide bonds. The fourth-order valence-corrected chi connectivity index (χ4v) is 2.16. The number of likely N-dealkylation sites (tertiary alicyclic amines) is 1. The Kier molecular flexibility index (Phi) is 4.78. The molecule has 1 fully saturated rings. The van der Waals surface area contributed by atoms with Crippen molar-refractivity contribution in [1.29, 1.82) is 0 Å². The molecule has 1 N–H and O–H groups in total. The lowest BCUT2D eigenvalue weighted by Crippen LogP contribution is -2.51. The van der Waals surface area contributed by atoms with Crippen molar-refractivity contribution in [2.75, 3.05) is 19.6 Å². The van der Waals surface area contributed by atoms with Gasteiger partial charge in [0.1, 0.15) is 6.54 Å². The molecule has 0 aromatic rings. The third-order valence-electron chi connectivity index (χ3n) is 3.10. The van der Waals surface area contributed by atoms with Gasteiger partial charge in [-0.15, -0.1) is 0 Å². The second-order valence-corrected chi connectivity index (χ2v) is 5.09. The van der Waals surface area contributed by atoms with E-state index in [2.05, 4.69) is 6.92 Å². The predicted octanol–water partition coefficient (Wildman–Crippen LogP) is 1.63. The minimum Gasteiger partial charge on any atom is -0.480 e. The van der Waals surface area contributed by atoms with Gasteiger partial charge in [-0.25, -0.2) is 4.79 Å². The van der Waals surface area contributed by atoms with Gasteiger partial charge in [0.15, 0.2) is 0 Å². The maximum absolute atomic E-state index is 12.2. The Morgan fingerprint density at radius 2 is 2.12 bits per heavy atom. The SMILES string of the molecule is CC1CCCN(C(=O)N(CC(=O)O)C(C)C)C1. The summed E-state index contributed by atoms with van der Waals surface area (Å²) >= 11 is 0. The van der Waals surface area contributed by atoms with Gasteiger partial charge >= 0.3 is 12.0 Å². The van der Waals surface area contributed by atoms with Crippen molar-refractivity contribution in [2.24, 2.45) is 5.92 Å². The van der Waals surface area contributed by atoms with E-state index in [0.29, 0.717) is 5.92 Å². The highest BCUT2D eigenvalue weighted by atomic mass is 16.4. The molecule has 0 aromatic carbocycles. The van der Waals surface area contributed by atoms with E-state index >= 15 is 0 Å². The van der Waals surface area contributed by atoms with Crippen LogP contribution in [-0.4, -0.2) is 52.6 Å². The number of rotatable bonds is 3. The van der Waals surface area contributed by atoms with E-state index in [-0.39, 0.29) is 18.6 Å². The first-order valence-electron chi connectivity index (χ1n) is 6.19. The average molecular weight is 242 g/mol. The van der Waals surface area contributed by atoms with Crippen LogP contribution in [0.2, 0.25) is 0 Å². The molecule has 5 heteroatoms. The zero-order chi connectivity index (χ0) is 13.0. The summed E-state index contributed by atoms with van der Waals surface area (Å²) in [6, 6.07) is -0.232. The van der Waals surface area contributed by atoms with Gasteiger partial charge in [-0.05, 0) is 32.6 Å². The van der Waals surface area contributed by atoms with E-state index in [0.717, 1.165) is 25.9 Å². The fourth-order valence-electron chi connectivity index (χ4n) is 2.16.